The molecule has 0 bridgehead atoms. The van der Waals surface area contributed by atoms with E-state index in [0.29, 0.717) is 5.88 Å². The van der Waals surface area contributed by atoms with Crippen molar-refractivity contribution in [2.45, 2.75) is 12.8 Å². The van der Waals surface area contributed by atoms with Crippen LogP contribution in [0.5, 0.6) is 0 Å². The van der Waals surface area contributed by atoms with Crippen molar-refractivity contribution >= 4 is 39.1 Å². The molecule has 0 atom stereocenters. The lowest BCUT2D eigenvalue weighted by molar-refractivity contribution is 1.33. The smallest absolute Gasteiger partial charge is 0.0490 e. The molecule has 0 amide bonds. The van der Waals surface area contributed by atoms with Gasteiger partial charge in [-0.25, -0.2) is 0 Å². The average Bonchev–Trinajstić information content (AvgIpc) is 2.01. The molecule has 0 aliphatic rings. The molecule has 1 aromatic carbocycles. The quantitative estimate of drug-likeness (QED) is 0.660. The maximum Gasteiger partial charge on any atom is 0.0490 e. The van der Waals surface area contributed by atoms with E-state index in [1.165, 1.54) is 0 Å². The highest BCUT2D eigenvalue weighted by molar-refractivity contribution is 9.10. The second kappa shape index (κ2) is 3.79. The Balaban J connectivity index is 3.25. The second-order valence-electron chi connectivity index (χ2n) is 2.28. The Kier molecular flexibility index (Phi) is 3.23. The maximum absolute atomic E-state index is 5.98. The largest absolute Gasteiger partial charge is 0.121 e. The van der Waals surface area contributed by atoms with Crippen LogP contribution < -0.4 is 0 Å². The number of halogens is 3. The van der Waals surface area contributed by atoms with Gasteiger partial charge in [0.15, 0.2) is 0 Å². The molecule has 0 heterocycles. The van der Waals surface area contributed by atoms with Crippen LogP contribution in [0, 0.1) is 6.92 Å². The van der Waals surface area contributed by atoms with Crippen LogP contribution in [-0.2, 0) is 5.88 Å². The molecule has 0 nitrogen and oxygen atoms in total. The molecule has 1 rings (SSSR count). The zero-order chi connectivity index (χ0) is 8.43. The predicted octanol–water partition coefficient (Wildman–Crippen LogP) is 4.15. The van der Waals surface area contributed by atoms with Crippen molar-refractivity contribution in [1.82, 2.24) is 0 Å². The van der Waals surface area contributed by atoms with Gasteiger partial charge in [0.2, 0.25) is 0 Å². The summed E-state index contributed by atoms with van der Waals surface area (Å²) in [7, 11) is 0. The van der Waals surface area contributed by atoms with Crippen LogP contribution in [0.15, 0.2) is 16.6 Å². The van der Waals surface area contributed by atoms with Gasteiger partial charge in [-0.15, -0.1) is 11.6 Å². The molecule has 0 aliphatic carbocycles. The molecular weight excluding hydrogens is 247 g/mol. The third-order valence-corrected chi connectivity index (χ3v) is 3.22. The third-order valence-electron chi connectivity index (χ3n) is 1.54. The van der Waals surface area contributed by atoms with Crippen LogP contribution in [0.25, 0.3) is 0 Å². The van der Waals surface area contributed by atoms with E-state index in [4.69, 9.17) is 23.2 Å². The van der Waals surface area contributed by atoms with E-state index < -0.39 is 0 Å². The van der Waals surface area contributed by atoms with E-state index >= 15 is 0 Å². The molecule has 0 aromatic heterocycles. The van der Waals surface area contributed by atoms with Crippen molar-refractivity contribution in [3.63, 3.8) is 0 Å². The molecule has 0 spiro atoms. The van der Waals surface area contributed by atoms with Crippen molar-refractivity contribution < 1.29 is 0 Å². The van der Waals surface area contributed by atoms with Gasteiger partial charge in [0, 0.05) is 15.4 Å². The summed E-state index contributed by atoms with van der Waals surface area (Å²) in [4.78, 5) is 0. The normalized spacial score (nSPS) is 10.2. The second-order valence-corrected chi connectivity index (χ2v) is 3.78. The molecule has 0 N–H and O–H groups in total. The van der Waals surface area contributed by atoms with E-state index in [9.17, 15) is 0 Å². The van der Waals surface area contributed by atoms with Crippen molar-refractivity contribution in [1.29, 1.82) is 0 Å². The summed E-state index contributed by atoms with van der Waals surface area (Å²) in [5.41, 5.74) is 2.03. The highest BCUT2D eigenvalue weighted by Crippen LogP contribution is 2.28. The first kappa shape index (κ1) is 9.37. The molecular formula is C8H7BrCl2. The van der Waals surface area contributed by atoms with E-state index in [1.54, 1.807) is 0 Å². The summed E-state index contributed by atoms with van der Waals surface area (Å²) in [6.07, 6.45) is 0. The molecule has 0 saturated carbocycles. The number of hydrogen-bond donors (Lipinski definition) is 0. The fraction of sp³-hybridized carbons (Fsp3) is 0.250. The van der Waals surface area contributed by atoms with Gasteiger partial charge in [0.05, 0.1) is 0 Å². The molecule has 0 radical (unpaired) electrons. The first-order valence-electron chi connectivity index (χ1n) is 3.16. The molecule has 0 aliphatic heterocycles. The van der Waals surface area contributed by atoms with Gasteiger partial charge in [-0.1, -0.05) is 33.6 Å². The molecule has 11 heavy (non-hydrogen) atoms. The SMILES string of the molecule is Cc1c(Br)ccc(CCl)c1Cl. The number of alkyl halides is 1. The topological polar surface area (TPSA) is 0 Å². The standard InChI is InChI=1S/C8H7BrCl2/c1-5-7(9)3-2-6(4-10)8(5)11/h2-3H,4H2,1H3. The Labute approximate surface area is 84.6 Å². The van der Waals surface area contributed by atoms with Crippen LogP contribution in [0.1, 0.15) is 11.1 Å². The fourth-order valence-electron chi connectivity index (χ4n) is 0.821. The van der Waals surface area contributed by atoms with Crippen LogP contribution >= 0.6 is 39.1 Å². The molecule has 0 unspecified atom stereocenters. The zero-order valence-electron chi connectivity index (χ0n) is 6.00. The van der Waals surface area contributed by atoms with E-state index in [1.807, 2.05) is 19.1 Å². The van der Waals surface area contributed by atoms with Crippen LogP contribution in [0.4, 0.5) is 0 Å². The molecule has 3 heteroatoms. The zero-order valence-corrected chi connectivity index (χ0v) is 9.09. The van der Waals surface area contributed by atoms with Crippen molar-refractivity contribution in [3.05, 3.63) is 32.8 Å². The summed E-state index contributed by atoms with van der Waals surface area (Å²) in [6.45, 7) is 1.96. The van der Waals surface area contributed by atoms with Gasteiger partial charge in [-0.3, -0.25) is 0 Å². The van der Waals surface area contributed by atoms with Gasteiger partial charge >= 0.3 is 0 Å². The monoisotopic (exact) mass is 252 g/mol. The Morgan fingerprint density at radius 2 is 2.09 bits per heavy atom. The lowest BCUT2D eigenvalue weighted by atomic mass is 10.2. The van der Waals surface area contributed by atoms with Crippen molar-refractivity contribution in [2.75, 3.05) is 0 Å². The number of rotatable bonds is 1. The van der Waals surface area contributed by atoms with E-state index in [0.717, 1.165) is 20.6 Å². The minimum atomic E-state index is 0.465. The predicted molar refractivity (Wildman–Crippen MR) is 53.4 cm³/mol. The fourth-order valence-corrected chi connectivity index (χ4v) is 1.79. The summed E-state index contributed by atoms with van der Waals surface area (Å²) in [5.74, 6) is 0.465. The summed E-state index contributed by atoms with van der Waals surface area (Å²) in [6, 6.07) is 3.88. The average molecular weight is 254 g/mol. The van der Waals surface area contributed by atoms with Crippen molar-refractivity contribution in [2.24, 2.45) is 0 Å². The molecule has 0 fully saturated rings. The number of benzene rings is 1. The molecule has 1 aromatic rings. The molecule has 0 saturated heterocycles. The van der Waals surface area contributed by atoms with Gasteiger partial charge in [0.25, 0.3) is 0 Å². The Morgan fingerprint density at radius 3 is 2.64 bits per heavy atom. The maximum atomic E-state index is 5.98. The minimum Gasteiger partial charge on any atom is -0.121 e. The highest BCUT2D eigenvalue weighted by atomic mass is 79.9. The highest BCUT2D eigenvalue weighted by Gasteiger charge is 2.04. The summed E-state index contributed by atoms with van der Waals surface area (Å²) < 4.78 is 1.02. The van der Waals surface area contributed by atoms with Gasteiger partial charge in [-0.2, -0.15) is 0 Å². The Bertz CT molecular complexity index is 271. The van der Waals surface area contributed by atoms with Gasteiger partial charge in [0.1, 0.15) is 0 Å². The Hall–Kier alpha value is 0.280. The van der Waals surface area contributed by atoms with Crippen LogP contribution in [0.3, 0.4) is 0 Å². The van der Waals surface area contributed by atoms with Gasteiger partial charge < -0.3 is 0 Å². The summed E-state index contributed by atoms with van der Waals surface area (Å²) >= 11 is 15.0. The van der Waals surface area contributed by atoms with Gasteiger partial charge in [-0.05, 0) is 24.1 Å². The van der Waals surface area contributed by atoms with E-state index in [2.05, 4.69) is 15.9 Å². The van der Waals surface area contributed by atoms with Crippen molar-refractivity contribution in [3.8, 4) is 0 Å². The lowest BCUT2D eigenvalue weighted by Crippen LogP contribution is -1.84. The van der Waals surface area contributed by atoms with Crippen LogP contribution in [-0.4, -0.2) is 0 Å². The third kappa shape index (κ3) is 1.90. The minimum absolute atomic E-state index is 0.465. The lowest BCUT2D eigenvalue weighted by Gasteiger charge is -2.04. The number of hydrogen-bond acceptors (Lipinski definition) is 0. The van der Waals surface area contributed by atoms with Crippen LogP contribution in [0.2, 0.25) is 5.02 Å². The first-order chi connectivity index (χ1) is 5.16. The Morgan fingerprint density at radius 1 is 1.45 bits per heavy atom. The molecule has 60 valence electrons. The van der Waals surface area contributed by atoms with E-state index in [-0.39, 0.29) is 0 Å². The summed E-state index contributed by atoms with van der Waals surface area (Å²) in [5, 5.41) is 0.759. The first-order valence-corrected chi connectivity index (χ1v) is 4.86.